The lowest BCUT2D eigenvalue weighted by atomic mass is 10.1. The van der Waals surface area contributed by atoms with E-state index in [1.165, 1.54) is 0 Å². The summed E-state index contributed by atoms with van der Waals surface area (Å²) < 4.78 is 11.5. The zero-order chi connectivity index (χ0) is 22.8. The number of carbonyl (C=O) groups is 2. The van der Waals surface area contributed by atoms with Gasteiger partial charge in [-0.2, -0.15) is 0 Å². The molecule has 0 saturated carbocycles. The highest BCUT2D eigenvalue weighted by Gasteiger charge is 2.26. The van der Waals surface area contributed by atoms with Crippen molar-refractivity contribution in [3.8, 4) is 0 Å². The summed E-state index contributed by atoms with van der Waals surface area (Å²) in [6, 6.07) is 13.7. The number of amides is 2. The summed E-state index contributed by atoms with van der Waals surface area (Å²) in [7, 11) is 0. The number of unbranched alkanes of at least 4 members (excludes halogenated alkanes) is 2. The Labute approximate surface area is 191 Å². The molecule has 0 aliphatic carbocycles. The third-order valence-corrected chi connectivity index (χ3v) is 5.83. The van der Waals surface area contributed by atoms with E-state index < -0.39 is 0 Å². The monoisotopic (exact) mass is 440 g/mol. The van der Waals surface area contributed by atoms with E-state index >= 15 is 0 Å². The standard InChI is InChI=1S/C26H36N2O4/c1-3-4-6-13-25(29)28(18-23-12-9-16-31-23)20-26(30)27(17-22-10-7-5-8-11-22)19-24-15-14-21(2)32-24/h5,7-8,10-11,14-15,23H,3-4,6,9,12-13,16-20H2,1-2H3. The van der Waals surface area contributed by atoms with Gasteiger partial charge in [-0.3, -0.25) is 9.59 Å². The van der Waals surface area contributed by atoms with Gasteiger partial charge < -0.3 is 19.0 Å². The van der Waals surface area contributed by atoms with Crippen molar-refractivity contribution >= 4 is 11.8 Å². The number of furan rings is 1. The van der Waals surface area contributed by atoms with Gasteiger partial charge in [0.05, 0.1) is 19.2 Å². The molecular weight excluding hydrogens is 404 g/mol. The Kier molecular flexibility index (Phi) is 9.35. The first-order valence-corrected chi connectivity index (χ1v) is 11.8. The van der Waals surface area contributed by atoms with Gasteiger partial charge in [-0.15, -0.1) is 0 Å². The highest BCUT2D eigenvalue weighted by Crippen LogP contribution is 2.17. The molecule has 2 heterocycles. The van der Waals surface area contributed by atoms with Gasteiger partial charge in [0.25, 0.3) is 0 Å². The molecule has 1 saturated heterocycles. The number of benzene rings is 1. The Morgan fingerprint density at radius 2 is 1.81 bits per heavy atom. The molecule has 1 fully saturated rings. The fraction of sp³-hybridized carbons (Fsp3) is 0.538. The Morgan fingerprint density at radius 3 is 2.47 bits per heavy atom. The largest absolute Gasteiger partial charge is 0.464 e. The van der Waals surface area contributed by atoms with Crippen LogP contribution in [0.4, 0.5) is 0 Å². The minimum Gasteiger partial charge on any atom is -0.464 e. The van der Waals surface area contributed by atoms with E-state index in [2.05, 4.69) is 6.92 Å². The highest BCUT2D eigenvalue weighted by atomic mass is 16.5. The quantitative estimate of drug-likeness (QED) is 0.449. The molecule has 2 aromatic rings. The maximum atomic E-state index is 13.4. The molecule has 1 aliphatic rings. The van der Waals surface area contributed by atoms with Gasteiger partial charge >= 0.3 is 0 Å². The van der Waals surface area contributed by atoms with Crippen molar-refractivity contribution in [2.75, 3.05) is 19.7 Å². The minimum atomic E-state index is -0.0789. The molecule has 0 bridgehead atoms. The maximum absolute atomic E-state index is 13.4. The van der Waals surface area contributed by atoms with Crippen molar-refractivity contribution in [2.45, 2.75) is 71.6 Å². The van der Waals surface area contributed by atoms with Crippen LogP contribution in [-0.2, 0) is 27.4 Å². The van der Waals surface area contributed by atoms with Crippen LogP contribution < -0.4 is 0 Å². The molecule has 0 N–H and O–H groups in total. The predicted molar refractivity (Wildman–Crippen MR) is 124 cm³/mol. The fourth-order valence-corrected chi connectivity index (χ4v) is 4.03. The molecule has 3 rings (SSSR count). The average molecular weight is 441 g/mol. The Balaban J connectivity index is 1.71. The third kappa shape index (κ3) is 7.52. The normalized spacial score (nSPS) is 15.6. The molecule has 1 aliphatic heterocycles. The SMILES string of the molecule is CCCCCC(=O)N(CC(=O)N(Cc1ccccc1)Cc1ccc(C)o1)CC1CCCO1. The Morgan fingerprint density at radius 1 is 1.00 bits per heavy atom. The number of aryl methyl sites for hydroxylation is 1. The first kappa shape index (κ1) is 24.1. The molecule has 1 atom stereocenters. The van der Waals surface area contributed by atoms with Gasteiger partial charge in [0.15, 0.2) is 0 Å². The van der Waals surface area contributed by atoms with Crippen molar-refractivity contribution in [1.29, 1.82) is 0 Å². The molecule has 1 aromatic heterocycles. The number of hydrogen-bond donors (Lipinski definition) is 0. The van der Waals surface area contributed by atoms with E-state index in [-0.39, 0.29) is 24.5 Å². The Hall–Kier alpha value is -2.60. The van der Waals surface area contributed by atoms with Crippen LogP contribution in [0.2, 0.25) is 0 Å². The summed E-state index contributed by atoms with van der Waals surface area (Å²) in [5.41, 5.74) is 1.05. The summed E-state index contributed by atoms with van der Waals surface area (Å²) in [6.07, 6.45) is 5.38. The van der Waals surface area contributed by atoms with Gasteiger partial charge in [0, 0.05) is 26.1 Å². The number of rotatable bonds is 12. The van der Waals surface area contributed by atoms with Gasteiger partial charge in [0.1, 0.15) is 11.5 Å². The number of carbonyl (C=O) groups excluding carboxylic acids is 2. The summed E-state index contributed by atoms with van der Waals surface area (Å²) in [5.74, 6) is 1.52. The Bertz CT molecular complexity index is 843. The second-order valence-electron chi connectivity index (χ2n) is 8.61. The van der Waals surface area contributed by atoms with E-state index in [0.29, 0.717) is 26.1 Å². The first-order valence-electron chi connectivity index (χ1n) is 11.8. The number of nitrogens with zero attached hydrogens (tertiary/aromatic N) is 2. The smallest absolute Gasteiger partial charge is 0.242 e. The van der Waals surface area contributed by atoms with Crippen LogP contribution in [0.5, 0.6) is 0 Å². The van der Waals surface area contributed by atoms with Crippen LogP contribution >= 0.6 is 0 Å². The molecule has 174 valence electrons. The lowest BCUT2D eigenvalue weighted by molar-refractivity contribution is -0.142. The second-order valence-corrected chi connectivity index (χ2v) is 8.61. The summed E-state index contributed by atoms with van der Waals surface area (Å²) in [4.78, 5) is 29.9. The van der Waals surface area contributed by atoms with Crippen molar-refractivity contribution < 1.29 is 18.7 Å². The molecule has 0 radical (unpaired) electrons. The summed E-state index contributed by atoms with van der Waals surface area (Å²) >= 11 is 0. The van der Waals surface area contributed by atoms with Crippen LogP contribution in [0, 0.1) is 6.92 Å². The van der Waals surface area contributed by atoms with Crippen molar-refractivity contribution in [1.82, 2.24) is 9.80 Å². The highest BCUT2D eigenvalue weighted by molar-refractivity contribution is 5.84. The van der Waals surface area contributed by atoms with E-state index in [9.17, 15) is 9.59 Å². The maximum Gasteiger partial charge on any atom is 0.242 e. The van der Waals surface area contributed by atoms with E-state index in [4.69, 9.17) is 9.15 Å². The van der Waals surface area contributed by atoms with Crippen LogP contribution in [-0.4, -0.2) is 47.4 Å². The van der Waals surface area contributed by atoms with Crippen molar-refractivity contribution in [2.24, 2.45) is 0 Å². The molecule has 1 unspecified atom stereocenters. The first-order chi connectivity index (χ1) is 15.5. The molecular formula is C26H36N2O4. The topological polar surface area (TPSA) is 63.0 Å². The molecule has 0 spiro atoms. The minimum absolute atomic E-state index is 0.0215. The molecule has 2 amide bonds. The fourth-order valence-electron chi connectivity index (χ4n) is 4.03. The molecule has 32 heavy (non-hydrogen) atoms. The van der Waals surface area contributed by atoms with E-state index in [1.54, 1.807) is 9.80 Å². The van der Waals surface area contributed by atoms with Crippen molar-refractivity contribution in [3.05, 3.63) is 59.5 Å². The second kappa shape index (κ2) is 12.4. The zero-order valence-corrected chi connectivity index (χ0v) is 19.4. The number of hydrogen-bond acceptors (Lipinski definition) is 4. The van der Waals surface area contributed by atoms with Crippen molar-refractivity contribution in [3.63, 3.8) is 0 Å². The zero-order valence-electron chi connectivity index (χ0n) is 19.4. The summed E-state index contributed by atoms with van der Waals surface area (Å²) in [6.45, 7) is 6.14. The molecule has 6 nitrogen and oxygen atoms in total. The molecule has 6 heteroatoms. The van der Waals surface area contributed by atoms with Gasteiger partial charge in [-0.25, -0.2) is 0 Å². The lowest BCUT2D eigenvalue weighted by Gasteiger charge is -2.29. The van der Waals surface area contributed by atoms with Crippen LogP contribution in [0.15, 0.2) is 46.9 Å². The van der Waals surface area contributed by atoms with Crippen LogP contribution in [0.3, 0.4) is 0 Å². The molecule has 1 aromatic carbocycles. The predicted octanol–water partition coefficient (Wildman–Crippen LogP) is 4.70. The summed E-state index contributed by atoms with van der Waals surface area (Å²) in [5, 5.41) is 0. The third-order valence-electron chi connectivity index (χ3n) is 5.83. The number of ether oxygens (including phenoxy) is 1. The van der Waals surface area contributed by atoms with Crippen LogP contribution in [0.1, 0.15) is 62.5 Å². The van der Waals surface area contributed by atoms with Crippen LogP contribution in [0.25, 0.3) is 0 Å². The van der Waals surface area contributed by atoms with E-state index in [0.717, 1.165) is 55.8 Å². The van der Waals surface area contributed by atoms with Gasteiger partial charge in [0.2, 0.25) is 11.8 Å². The van der Waals surface area contributed by atoms with Gasteiger partial charge in [-0.1, -0.05) is 50.1 Å². The van der Waals surface area contributed by atoms with E-state index in [1.807, 2.05) is 49.4 Å². The lowest BCUT2D eigenvalue weighted by Crippen LogP contribution is -2.45. The van der Waals surface area contributed by atoms with Gasteiger partial charge in [-0.05, 0) is 43.9 Å². The average Bonchev–Trinajstić information content (AvgIpc) is 3.45.